The largest absolute Gasteiger partial charge is 0.508 e. The molecule has 1 heterocycles. The third kappa shape index (κ3) is 6.56. The molecule has 5 heteroatoms. The topological polar surface area (TPSA) is 97.4 Å². The van der Waals surface area contributed by atoms with Crippen molar-refractivity contribution in [3.05, 3.63) is 58.1 Å². The summed E-state index contributed by atoms with van der Waals surface area (Å²) in [6, 6.07) is 5.08. The number of aromatic hydroxyl groups is 1. The van der Waals surface area contributed by atoms with Gasteiger partial charge in [-0.1, -0.05) is 44.9 Å². The van der Waals surface area contributed by atoms with Crippen LogP contribution in [0.3, 0.4) is 0 Å². The number of aryl methyl sites for hydroxylation is 1. The van der Waals surface area contributed by atoms with Gasteiger partial charge >= 0.3 is 0 Å². The van der Waals surface area contributed by atoms with Crippen molar-refractivity contribution in [2.45, 2.75) is 53.6 Å². The zero-order chi connectivity index (χ0) is 23.9. The van der Waals surface area contributed by atoms with Crippen molar-refractivity contribution in [3.63, 3.8) is 0 Å². The molecule has 1 aromatic carbocycles. The smallest absolute Gasteiger partial charge is 0.118 e. The maximum absolute atomic E-state index is 9.97. The second-order valence-electron chi connectivity index (χ2n) is 7.76. The monoisotopic (exact) mass is 421 g/mol. The highest BCUT2D eigenvalue weighted by atomic mass is 16.3. The number of allylic oxidation sites excluding steroid dienone is 2. The second-order valence-corrected chi connectivity index (χ2v) is 7.76. The average molecular weight is 422 g/mol. The van der Waals surface area contributed by atoms with Crippen molar-refractivity contribution in [1.82, 2.24) is 4.57 Å². The van der Waals surface area contributed by atoms with E-state index in [1.807, 2.05) is 45.9 Å². The molecule has 0 aliphatic carbocycles. The summed E-state index contributed by atoms with van der Waals surface area (Å²) in [7, 11) is 0. The van der Waals surface area contributed by atoms with Crippen LogP contribution < -0.4 is 22.0 Å². The third-order valence-electron chi connectivity index (χ3n) is 4.40. The minimum Gasteiger partial charge on any atom is -0.508 e. The molecule has 2 aromatic rings. The van der Waals surface area contributed by atoms with E-state index in [0.717, 1.165) is 22.2 Å². The number of phenols is 1. The molecule has 6 N–H and O–H groups in total. The Labute approximate surface area is 185 Å². The predicted octanol–water partition coefficient (Wildman–Crippen LogP) is 3.33. The molecular formula is C26H35N3O2. The summed E-state index contributed by atoms with van der Waals surface area (Å²) in [6.45, 7) is 19.2. The highest BCUT2D eigenvalue weighted by molar-refractivity contribution is 5.74. The Morgan fingerprint density at radius 2 is 1.90 bits per heavy atom. The molecule has 0 aliphatic rings. The fourth-order valence-electron chi connectivity index (χ4n) is 2.94. The lowest BCUT2D eigenvalue weighted by Gasteiger charge is -2.12. The van der Waals surface area contributed by atoms with Crippen molar-refractivity contribution in [2.75, 3.05) is 5.73 Å². The molecule has 0 spiro atoms. The van der Waals surface area contributed by atoms with Gasteiger partial charge in [0.1, 0.15) is 11.6 Å². The maximum Gasteiger partial charge on any atom is 0.118 e. The van der Waals surface area contributed by atoms with Crippen LogP contribution >= 0.6 is 0 Å². The van der Waals surface area contributed by atoms with Crippen molar-refractivity contribution in [3.8, 4) is 23.3 Å². The Morgan fingerprint density at radius 1 is 1.29 bits per heavy atom. The summed E-state index contributed by atoms with van der Waals surface area (Å²) >= 11 is 0. The van der Waals surface area contributed by atoms with Crippen molar-refractivity contribution < 1.29 is 10.2 Å². The number of aliphatic hydroxyl groups is 1. The van der Waals surface area contributed by atoms with E-state index in [9.17, 15) is 10.2 Å². The fourth-order valence-corrected chi connectivity index (χ4v) is 2.94. The number of hydrogen-bond donors (Lipinski definition) is 4. The average Bonchev–Trinajstić information content (AvgIpc) is 2.92. The van der Waals surface area contributed by atoms with Gasteiger partial charge in [0.05, 0.1) is 16.6 Å². The van der Waals surface area contributed by atoms with Gasteiger partial charge in [-0.2, -0.15) is 0 Å². The van der Waals surface area contributed by atoms with Crippen molar-refractivity contribution in [1.29, 1.82) is 0 Å². The van der Waals surface area contributed by atoms with E-state index in [1.165, 1.54) is 0 Å². The zero-order valence-corrected chi connectivity index (χ0v) is 19.5. The standard InChI is InChI=1S/C24H29N3O2.C2H6/c1-15(8-7-13-24(5,6)29)9-12-20-17(3)22(18(4)25)23(26)27(20)21-14-19(28)11-10-16(21)2;1-2/h9-12,14,28-29H,3-4,13,25-26H2,1-2,5-6H3;1-2H3/b15-9+,20-12+;. The van der Waals surface area contributed by atoms with Gasteiger partial charge < -0.3 is 21.7 Å². The van der Waals surface area contributed by atoms with Crippen LogP contribution in [0.1, 0.15) is 52.2 Å². The first-order chi connectivity index (χ1) is 14.4. The van der Waals surface area contributed by atoms with E-state index in [0.29, 0.717) is 28.7 Å². The van der Waals surface area contributed by atoms with Crippen LogP contribution in [0.4, 0.5) is 5.82 Å². The van der Waals surface area contributed by atoms with Crippen molar-refractivity contribution >= 4 is 24.2 Å². The Balaban J connectivity index is 0.00000233. The molecule has 31 heavy (non-hydrogen) atoms. The normalized spacial score (nSPS) is 12.0. The van der Waals surface area contributed by atoms with Gasteiger partial charge in [-0.05, 0) is 57.0 Å². The lowest BCUT2D eigenvalue weighted by molar-refractivity contribution is 0.0862. The van der Waals surface area contributed by atoms with Gasteiger partial charge in [-0.3, -0.25) is 4.57 Å². The minimum absolute atomic E-state index is 0.132. The van der Waals surface area contributed by atoms with Crippen LogP contribution in [-0.2, 0) is 0 Å². The van der Waals surface area contributed by atoms with Crippen LogP contribution in [0.25, 0.3) is 24.0 Å². The van der Waals surface area contributed by atoms with Crippen LogP contribution in [0.15, 0.2) is 36.4 Å². The molecule has 2 rings (SSSR count). The summed E-state index contributed by atoms with van der Waals surface area (Å²) in [5.41, 5.74) is 14.9. The molecule has 0 saturated heterocycles. The molecule has 0 radical (unpaired) electrons. The number of aromatic nitrogens is 1. The number of rotatable bonds is 4. The first-order valence-corrected chi connectivity index (χ1v) is 10.3. The first-order valence-electron chi connectivity index (χ1n) is 10.3. The lowest BCUT2D eigenvalue weighted by atomic mass is 10.1. The summed E-state index contributed by atoms with van der Waals surface area (Å²) < 4.78 is 1.80. The zero-order valence-electron chi connectivity index (χ0n) is 19.5. The number of benzene rings is 1. The second kappa shape index (κ2) is 10.6. The molecule has 0 fully saturated rings. The molecule has 0 atom stereocenters. The van der Waals surface area contributed by atoms with E-state index in [1.54, 1.807) is 30.5 Å². The van der Waals surface area contributed by atoms with Gasteiger partial charge in [0.25, 0.3) is 0 Å². The molecule has 1 aromatic heterocycles. The van der Waals surface area contributed by atoms with Gasteiger partial charge in [0, 0.05) is 29.0 Å². The number of nitrogens with two attached hydrogens (primary N) is 2. The van der Waals surface area contributed by atoms with Crippen LogP contribution in [-0.4, -0.2) is 20.4 Å². The molecular weight excluding hydrogens is 386 g/mol. The van der Waals surface area contributed by atoms with Crippen LogP contribution in [0.2, 0.25) is 0 Å². The summed E-state index contributed by atoms with van der Waals surface area (Å²) in [4.78, 5) is 0. The highest BCUT2D eigenvalue weighted by Crippen LogP contribution is 2.23. The highest BCUT2D eigenvalue weighted by Gasteiger charge is 2.15. The van der Waals surface area contributed by atoms with Crippen LogP contribution in [0, 0.1) is 18.8 Å². The van der Waals surface area contributed by atoms with E-state index in [4.69, 9.17) is 11.5 Å². The van der Waals surface area contributed by atoms with E-state index >= 15 is 0 Å². The maximum atomic E-state index is 9.97. The Morgan fingerprint density at radius 3 is 2.45 bits per heavy atom. The number of phenolic OH excluding ortho intramolecular Hbond substituents is 1. The SMILES string of the molecule is C=C(N)c1c(N)n(-c2cc(O)ccc2C)/c(=C/C=C(\C)C#CCC(C)(C)O)c1=C.CC. The number of nitrogen functional groups attached to an aromatic ring is 1. The Kier molecular flexibility index (Phi) is 8.78. The van der Waals surface area contributed by atoms with Crippen molar-refractivity contribution in [2.24, 2.45) is 5.73 Å². The van der Waals surface area contributed by atoms with Gasteiger partial charge in [-0.25, -0.2) is 0 Å². The summed E-state index contributed by atoms with van der Waals surface area (Å²) in [6.07, 6.45) is 4.10. The van der Waals surface area contributed by atoms with E-state index in [2.05, 4.69) is 25.0 Å². The minimum atomic E-state index is -0.829. The Hall–Kier alpha value is -3.36. The predicted molar refractivity (Wildman–Crippen MR) is 133 cm³/mol. The van der Waals surface area contributed by atoms with E-state index < -0.39 is 5.60 Å². The van der Waals surface area contributed by atoms with Crippen LogP contribution in [0.5, 0.6) is 5.75 Å². The molecule has 0 saturated carbocycles. The van der Waals surface area contributed by atoms with Gasteiger partial charge in [-0.15, -0.1) is 0 Å². The Bertz CT molecular complexity index is 1150. The molecule has 5 nitrogen and oxygen atoms in total. The summed E-state index contributed by atoms with van der Waals surface area (Å²) in [5, 5.41) is 21.1. The molecule has 0 unspecified atom stereocenters. The summed E-state index contributed by atoms with van der Waals surface area (Å²) in [5.74, 6) is 6.54. The van der Waals surface area contributed by atoms with E-state index in [-0.39, 0.29) is 5.75 Å². The number of hydrogen-bond acceptors (Lipinski definition) is 4. The first kappa shape index (κ1) is 25.7. The van der Waals surface area contributed by atoms with Gasteiger partial charge in [0.15, 0.2) is 0 Å². The molecule has 0 amide bonds. The lowest BCUT2D eigenvalue weighted by Crippen LogP contribution is -2.29. The number of nitrogens with zero attached hydrogens (tertiary/aromatic N) is 1. The third-order valence-corrected chi connectivity index (χ3v) is 4.40. The number of anilines is 1. The molecule has 0 bridgehead atoms. The molecule has 0 aliphatic heterocycles. The molecule has 166 valence electrons. The fraction of sp³-hybridized carbons (Fsp3) is 0.308. The quantitative estimate of drug-likeness (QED) is 0.569. The van der Waals surface area contributed by atoms with Gasteiger partial charge in [0.2, 0.25) is 0 Å².